The topological polar surface area (TPSA) is 92.7 Å². The first-order valence-corrected chi connectivity index (χ1v) is 9.56. The van der Waals surface area contributed by atoms with Crippen LogP contribution in [0, 0.1) is 11.8 Å². The molecule has 0 spiro atoms. The van der Waals surface area contributed by atoms with Crippen LogP contribution in [0.4, 0.5) is 0 Å². The van der Waals surface area contributed by atoms with Crippen LogP contribution in [0.2, 0.25) is 0 Å². The van der Waals surface area contributed by atoms with Crippen molar-refractivity contribution in [3.8, 4) is 23.0 Å². The second-order valence-corrected chi connectivity index (χ2v) is 7.10. The summed E-state index contributed by atoms with van der Waals surface area (Å²) in [6, 6.07) is 10.8. The molecule has 0 unspecified atom stereocenters. The molecule has 4 atom stereocenters. The van der Waals surface area contributed by atoms with Gasteiger partial charge in [0.2, 0.25) is 6.79 Å². The molecule has 1 N–H and O–H groups in total. The molecule has 0 amide bonds. The SMILES string of the molecule is COC(=O)[C@H]1[C@H](CO)[C@H](c2ccc(OC)c(OC)c2)O[C@H]1c1ccc2c(c1)OCO2. The molecule has 4 rings (SSSR count). The number of fused-ring (bicyclic) bond motifs is 1. The van der Waals surface area contributed by atoms with Crippen LogP contribution in [0.25, 0.3) is 0 Å². The molecule has 2 heterocycles. The van der Waals surface area contributed by atoms with E-state index in [1.807, 2.05) is 12.1 Å². The predicted octanol–water partition coefficient (Wildman–Crippen LogP) is 2.64. The van der Waals surface area contributed by atoms with Gasteiger partial charge < -0.3 is 33.5 Å². The van der Waals surface area contributed by atoms with Crippen molar-refractivity contribution in [1.82, 2.24) is 0 Å². The maximum Gasteiger partial charge on any atom is 0.312 e. The number of carbonyl (C=O) groups is 1. The van der Waals surface area contributed by atoms with Gasteiger partial charge in [-0.1, -0.05) is 12.1 Å². The van der Waals surface area contributed by atoms with Crippen LogP contribution in [0.5, 0.6) is 23.0 Å². The van der Waals surface area contributed by atoms with Crippen LogP contribution in [0.15, 0.2) is 36.4 Å². The number of hydrogen-bond acceptors (Lipinski definition) is 8. The molecule has 2 aromatic carbocycles. The van der Waals surface area contributed by atoms with E-state index >= 15 is 0 Å². The van der Waals surface area contributed by atoms with Crippen molar-refractivity contribution in [3.05, 3.63) is 47.5 Å². The van der Waals surface area contributed by atoms with E-state index < -0.39 is 30.0 Å². The van der Waals surface area contributed by atoms with Gasteiger partial charge in [0, 0.05) is 12.5 Å². The molecule has 1 fully saturated rings. The summed E-state index contributed by atoms with van der Waals surface area (Å²) in [5.74, 6) is 0.702. The van der Waals surface area contributed by atoms with Crippen LogP contribution >= 0.6 is 0 Å². The molecule has 160 valence electrons. The highest BCUT2D eigenvalue weighted by Gasteiger charge is 2.50. The Hall–Kier alpha value is -2.97. The lowest BCUT2D eigenvalue weighted by Crippen LogP contribution is -2.28. The van der Waals surface area contributed by atoms with Gasteiger partial charge >= 0.3 is 5.97 Å². The maximum atomic E-state index is 12.7. The minimum atomic E-state index is -0.696. The lowest BCUT2D eigenvalue weighted by molar-refractivity contribution is -0.149. The zero-order valence-electron chi connectivity index (χ0n) is 17.0. The molecule has 0 radical (unpaired) electrons. The van der Waals surface area contributed by atoms with Crippen molar-refractivity contribution >= 4 is 5.97 Å². The van der Waals surface area contributed by atoms with Crippen LogP contribution in [-0.2, 0) is 14.3 Å². The largest absolute Gasteiger partial charge is 0.493 e. The highest BCUT2D eigenvalue weighted by molar-refractivity contribution is 5.74. The van der Waals surface area contributed by atoms with E-state index in [-0.39, 0.29) is 13.4 Å². The molecular weight excluding hydrogens is 392 g/mol. The second-order valence-electron chi connectivity index (χ2n) is 7.10. The molecule has 2 aliphatic rings. The Balaban J connectivity index is 1.73. The van der Waals surface area contributed by atoms with Crippen molar-refractivity contribution in [1.29, 1.82) is 0 Å². The van der Waals surface area contributed by atoms with Gasteiger partial charge in [-0.05, 0) is 35.4 Å². The second kappa shape index (κ2) is 8.41. The van der Waals surface area contributed by atoms with Gasteiger partial charge in [0.15, 0.2) is 23.0 Å². The number of aliphatic hydroxyl groups is 1. The van der Waals surface area contributed by atoms with Crippen LogP contribution in [-0.4, -0.2) is 45.8 Å². The molecule has 0 aromatic heterocycles. The van der Waals surface area contributed by atoms with Gasteiger partial charge in [-0.3, -0.25) is 4.79 Å². The van der Waals surface area contributed by atoms with Gasteiger partial charge in [-0.15, -0.1) is 0 Å². The Morgan fingerprint density at radius 3 is 2.37 bits per heavy atom. The molecule has 0 bridgehead atoms. The summed E-state index contributed by atoms with van der Waals surface area (Å²) >= 11 is 0. The average Bonchev–Trinajstić information content (AvgIpc) is 3.41. The summed E-state index contributed by atoms with van der Waals surface area (Å²) in [7, 11) is 4.44. The average molecular weight is 416 g/mol. The maximum absolute atomic E-state index is 12.7. The van der Waals surface area contributed by atoms with Crippen LogP contribution in [0.1, 0.15) is 23.3 Å². The summed E-state index contributed by atoms with van der Waals surface area (Å²) in [4.78, 5) is 12.7. The monoisotopic (exact) mass is 416 g/mol. The van der Waals surface area contributed by atoms with Crippen molar-refractivity contribution in [2.45, 2.75) is 12.2 Å². The van der Waals surface area contributed by atoms with E-state index in [4.69, 9.17) is 28.4 Å². The summed E-state index contributed by atoms with van der Waals surface area (Å²) in [5, 5.41) is 10.2. The third-order valence-corrected chi connectivity index (χ3v) is 5.61. The summed E-state index contributed by atoms with van der Waals surface area (Å²) in [5.41, 5.74) is 1.51. The predicted molar refractivity (Wildman–Crippen MR) is 105 cm³/mol. The Kier molecular flexibility index (Phi) is 5.69. The Labute approximate surface area is 174 Å². The third kappa shape index (κ3) is 3.42. The van der Waals surface area contributed by atoms with E-state index in [1.54, 1.807) is 38.5 Å². The number of ether oxygens (including phenoxy) is 6. The van der Waals surface area contributed by atoms with E-state index in [0.29, 0.717) is 23.0 Å². The fourth-order valence-electron chi connectivity index (χ4n) is 4.13. The number of carbonyl (C=O) groups excluding carboxylic acids is 1. The van der Waals surface area contributed by atoms with Gasteiger partial charge in [-0.2, -0.15) is 0 Å². The standard InChI is InChI=1S/C22H24O8/c1-25-15-6-4-12(8-17(15)26-2)20-14(10-23)19(22(24)27-3)21(30-20)13-5-7-16-18(9-13)29-11-28-16/h4-9,14,19-21,23H,10-11H2,1-3H3/t14-,19-,20-,21-/m0/s1. The molecule has 8 nitrogen and oxygen atoms in total. The molecule has 2 aromatic rings. The Morgan fingerprint density at radius 1 is 0.967 bits per heavy atom. The highest BCUT2D eigenvalue weighted by Crippen LogP contribution is 2.51. The van der Waals surface area contributed by atoms with Gasteiger partial charge in [0.1, 0.15) is 0 Å². The lowest BCUT2D eigenvalue weighted by atomic mass is 9.83. The smallest absolute Gasteiger partial charge is 0.312 e. The first kappa shape index (κ1) is 20.3. The van der Waals surface area contributed by atoms with Gasteiger partial charge in [-0.25, -0.2) is 0 Å². The van der Waals surface area contributed by atoms with Gasteiger partial charge in [0.05, 0.1) is 39.5 Å². The van der Waals surface area contributed by atoms with E-state index in [2.05, 4.69) is 0 Å². The highest BCUT2D eigenvalue weighted by atomic mass is 16.7. The van der Waals surface area contributed by atoms with Gasteiger partial charge in [0.25, 0.3) is 0 Å². The molecule has 30 heavy (non-hydrogen) atoms. The van der Waals surface area contributed by atoms with Crippen molar-refractivity contribution in [2.24, 2.45) is 11.8 Å². The van der Waals surface area contributed by atoms with Crippen molar-refractivity contribution < 1.29 is 38.3 Å². The van der Waals surface area contributed by atoms with Crippen molar-refractivity contribution in [2.75, 3.05) is 34.7 Å². The number of aliphatic hydroxyl groups excluding tert-OH is 1. The lowest BCUT2D eigenvalue weighted by Gasteiger charge is -2.21. The quantitative estimate of drug-likeness (QED) is 0.719. The summed E-state index contributed by atoms with van der Waals surface area (Å²) in [6.45, 7) is -0.0991. The van der Waals surface area contributed by atoms with Crippen molar-refractivity contribution in [3.63, 3.8) is 0 Å². The molecule has 1 saturated heterocycles. The van der Waals surface area contributed by atoms with Crippen LogP contribution < -0.4 is 18.9 Å². The molecule has 0 aliphatic carbocycles. The summed E-state index contributed by atoms with van der Waals surface area (Å²) < 4.78 is 32.9. The molecule has 2 aliphatic heterocycles. The van der Waals surface area contributed by atoms with E-state index in [1.165, 1.54) is 7.11 Å². The number of esters is 1. The number of rotatable bonds is 6. The molecule has 8 heteroatoms. The Bertz CT molecular complexity index is 927. The third-order valence-electron chi connectivity index (χ3n) is 5.61. The number of benzene rings is 2. The minimum Gasteiger partial charge on any atom is -0.493 e. The fourth-order valence-corrected chi connectivity index (χ4v) is 4.13. The Morgan fingerprint density at radius 2 is 1.67 bits per heavy atom. The first-order chi connectivity index (χ1) is 14.6. The summed E-state index contributed by atoms with van der Waals surface area (Å²) in [6.07, 6.45) is -1.17. The zero-order chi connectivity index (χ0) is 21.3. The first-order valence-electron chi connectivity index (χ1n) is 9.56. The zero-order valence-corrected chi connectivity index (χ0v) is 17.0. The molecular formula is C22H24O8. The van der Waals surface area contributed by atoms with E-state index in [9.17, 15) is 9.90 Å². The number of methoxy groups -OCH3 is 3. The minimum absolute atomic E-state index is 0.151. The van der Waals surface area contributed by atoms with Crippen LogP contribution in [0.3, 0.4) is 0 Å². The number of hydrogen-bond donors (Lipinski definition) is 1. The van der Waals surface area contributed by atoms with E-state index in [0.717, 1.165) is 11.1 Å². The normalized spacial score (nSPS) is 24.5. The fraction of sp³-hybridized carbons (Fsp3) is 0.409. The molecule has 0 saturated carbocycles.